The van der Waals surface area contributed by atoms with Gasteiger partial charge in [-0.3, -0.25) is 14.4 Å². The summed E-state index contributed by atoms with van der Waals surface area (Å²) in [7, 11) is 1.60. The number of aryl methyl sites for hydroxylation is 1. The van der Waals surface area contributed by atoms with Crippen LogP contribution in [-0.4, -0.2) is 48.4 Å². The number of halogens is 1. The number of hydrogen-bond acceptors (Lipinski definition) is 6. The van der Waals surface area contributed by atoms with Crippen LogP contribution in [0.3, 0.4) is 0 Å². The summed E-state index contributed by atoms with van der Waals surface area (Å²) in [6, 6.07) is 4.99. The molecule has 3 aromatic rings. The number of rotatable bonds is 5. The Balaban J connectivity index is 1.52. The summed E-state index contributed by atoms with van der Waals surface area (Å²) in [6.45, 7) is 2.08. The first-order valence-corrected chi connectivity index (χ1v) is 10.9. The molecule has 0 bridgehead atoms. The first-order valence-electron chi connectivity index (χ1n) is 10.1. The third kappa shape index (κ3) is 4.27. The van der Waals surface area contributed by atoms with E-state index in [9.17, 15) is 14.7 Å². The second kappa shape index (κ2) is 8.66. The van der Waals surface area contributed by atoms with E-state index in [0.717, 1.165) is 36.6 Å². The highest BCUT2D eigenvalue weighted by Gasteiger charge is 2.27. The molecular formula is C20H23BrN6O4. The van der Waals surface area contributed by atoms with E-state index in [2.05, 4.69) is 31.1 Å². The molecule has 0 atom stereocenters. The minimum atomic E-state index is -1.04. The Morgan fingerprint density at radius 2 is 2.03 bits per heavy atom. The zero-order chi connectivity index (χ0) is 22.1. The average Bonchev–Trinajstić information content (AvgIpc) is 3.08. The zero-order valence-electron chi connectivity index (χ0n) is 17.2. The van der Waals surface area contributed by atoms with Gasteiger partial charge in [0, 0.05) is 38.0 Å². The summed E-state index contributed by atoms with van der Waals surface area (Å²) in [5.74, 6) is 0.829. The van der Waals surface area contributed by atoms with Crippen molar-refractivity contribution < 1.29 is 14.6 Å². The first-order chi connectivity index (χ1) is 14.9. The van der Waals surface area contributed by atoms with Crippen molar-refractivity contribution in [1.82, 2.24) is 24.5 Å². The summed E-state index contributed by atoms with van der Waals surface area (Å²) >= 11 is 3.50. The molecule has 0 aliphatic heterocycles. The van der Waals surface area contributed by atoms with E-state index in [1.165, 1.54) is 15.6 Å². The Labute approximate surface area is 186 Å². The molecule has 4 rings (SSSR count). The fraction of sp³-hybridized carbons (Fsp3) is 0.450. The highest BCUT2D eigenvalue weighted by molar-refractivity contribution is 9.10. The van der Waals surface area contributed by atoms with E-state index >= 15 is 0 Å². The summed E-state index contributed by atoms with van der Waals surface area (Å²) in [5.41, 5.74) is 0.672. The molecule has 0 aromatic carbocycles. The number of ether oxygens (including phenoxy) is 1. The van der Waals surface area contributed by atoms with Crippen LogP contribution in [0.1, 0.15) is 38.6 Å². The van der Waals surface area contributed by atoms with Gasteiger partial charge in [0.1, 0.15) is 16.5 Å². The van der Waals surface area contributed by atoms with Crippen LogP contribution in [0, 0.1) is 0 Å². The molecule has 1 aliphatic carbocycles. The normalized spacial score (nSPS) is 18.8. The lowest BCUT2D eigenvalue weighted by Crippen LogP contribution is -2.29. The number of carbonyl (C=O) groups is 1. The van der Waals surface area contributed by atoms with E-state index in [0.29, 0.717) is 22.8 Å². The number of fused-ring (bicyclic) bond motifs is 1. The Kier molecular flexibility index (Phi) is 5.94. The molecular weight excluding hydrogens is 468 g/mol. The third-order valence-electron chi connectivity index (χ3n) is 5.57. The van der Waals surface area contributed by atoms with Crippen molar-refractivity contribution in [3.05, 3.63) is 39.4 Å². The van der Waals surface area contributed by atoms with Gasteiger partial charge < -0.3 is 9.84 Å². The molecule has 1 saturated carbocycles. The van der Waals surface area contributed by atoms with Crippen LogP contribution in [0.4, 0.5) is 10.6 Å². The van der Waals surface area contributed by atoms with Gasteiger partial charge in [-0.1, -0.05) is 0 Å². The topological polar surface area (TPSA) is 115 Å². The molecule has 3 heterocycles. The number of hydrogen-bond donors (Lipinski definition) is 1. The predicted octanol–water partition coefficient (Wildman–Crippen LogP) is 3.35. The van der Waals surface area contributed by atoms with Crippen LogP contribution < -0.4 is 15.2 Å². The monoisotopic (exact) mass is 490 g/mol. The molecule has 0 saturated heterocycles. The van der Waals surface area contributed by atoms with Gasteiger partial charge in [0.25, 0.3) is 5.56 Å². The molecule has 3 aromatic heterocycles. The highest BCUT2D eigenvalue weighted by atomic mass is 79.9. The molecule has 0 radical (unpaired) electrons. The molecule has 10 nitrogen and oxygen atoms in total. The maximum Gasteiger partial charge on any atom is 0.412 e. The quantitative estimate of drug-likeness (QED) is 0.582. The second-order valence-electron chi connectivity index (χ2n) is 7.50. The molecule has 164 valence electrons. The molecule has 1 N–H and O–H groups in total. The second-order valence-corrected chi connectivity index (χ2v) is 8.25. The maximum atomic E-state index is 11.5. The minimum absolute atomic E-state index is 0.0198. The van der Waals surface area contributed by atoms with Crippen LogP contribution in [-0.2, 0) is 7.05 Å². The third-order valence-corrected chi connectivity index (χ3v) is 6.15. The first kappa shape index (κ1) is 21.3. The molecule has 1 aliphatic rings. The number of carboxylic acid groups (broad SMARTS) is 1. The van der Waals surface area contributed by atoms with Crippen LogP contribution in [0.5, 0.6) is 5.88 Å². The molecule has 0 spiro atoms. The van der Waals surface area contributed by atoms with E-state index in [-0.39, 0.29) is 17.7 Å². The molecule has 11 heteroatoms. The van der Waals surface area contributed by atoms with Gasteiger partial charge in [0.15, 0.2) is 0 Å². The van der Waals surface area contributed by atoms with Gasteiger partial charge in [-0.2, -0.15) is 5.10 Å². The van der Waals surface area contributed by atoms with E-state index in [1.54, 1.807) is 32.3 Å². The van der Waals surface area contributed by atoms with Crippen molar-refractivity contribution >= 4 is 38.7 Å². The summed E-state index contributed by atoms with van der Waals surface area (Å²) in [6.07, 6.45) is 3.99. The summed E-state index contributed by atoms with van der Waals surface area (Å²) in [4.78, 5) is 28.5. The van der Waals surface area contributed by atoms with Crippen LogP contribution >= 0.6 is 15.9 Å². The van der Waals surface area contributed by atoms with Gasteiger partial charge in [0.2, 0.25) is 5.88 Å². The molecule has 0 unspecified atom stereocenters. The van der Waals surface area contributed by atoms with E-state index < -0.39 is 6.09 Å². The van der Waals surface area contributed by atoms with Crippen molar-refractivity contribution in [3.63, 3.8) is 0 Å². The Morgan fingerprint density at radius 1 is 1.29 bits per heavy atom. The number of anilines is 1. The Bertz CT molecular complexity index is 1170. The molecule has 1 fully saturated rings. The molecule has 1 amide bonds. The smallest absolute Gasteiger partial charge is 0.412 e. The van der Waals surface area contributed by atoms with Gasteiger partial charge in [-0.25, -0.2) is 14.5 Å². The average molecular weight is 491 g/mol. The lowest BCUT2D eigenvalue weighted by atomic mass is 9.93. The SMILES string of the molecule is CCN(C(=O)O)c1cc2c(cn1)c(Br)nn2[C@H]1CC[C@@H](Oc2ccc(=O)n(C)n2)CC1. The molecule has 31 heavy (non-hydrogen) atoms. The number of pyridine rings is 1. The van der Waals surface area contributed by atoms with Gasteiger partial charge in [-0.05, 0) is 48.5 Å². The fourth-order valence-electron chi connectivity index (χ4n) is 3.93. The number of amides is 1. The number of aromatic nitrogens is 5. The van der Waals surface area contributed by atoms with E-state index in [4.69, 9.17) is 4.74 Å². The predicted molar refractivity (Wildman–Crippen MR) is 118 cm³/mol. The summed E-state index contributed by atoms with van der Waals surface area (Å²) < 4.78 is 9.88. The largest absolute Gasteiger partial charge is 0.473 e. The standard InChI is InChI=1S/C20H23BrN6O4/c1-3-26(20(29)30)16-10-15-14(11-22-16)19(21)24-27(15)12-4-6-13(7-5-12)31-17-8-9-18(28)25(2)23-17/h8-13H,3-7H2,1-2H3,(H,29,30)/t12-,13+. The van der Waals surface area contributed by atoms with E-state index in [1.807, 2.05) is 4.68 Å². The lowest BCUT2D eigenvalue weighted by Gasteiger charge is -2.29. The maximum absolute atomic E-state index is 11.5. The van der Waals surface area contributed by atoms with Gasteiger partial charge in [-0.15, -0.1) is 5.10 Å². The Morgan fingerprint density at radius 3 is 2.68 bits per heavy atom. The van der Waals surface area contributed by atoms with Gasteiger partial charge >= 0.3 is 6.09 Å². The zero-order valence-corrected chi connectivity index (χ0v) is 18.8. The Hall–Kier alpha value is -2.95. The van der Waals surface area contributed by atoms with Crippen molar-refractivity contribution in [2.45, 2.75) is 44.8 Å². The van der Waals surface area contributed by atoms with Crippen LogP contribution in [0.25, 0.3) is 10.9 Å². The fourth-order valence-corrected chi connectivity index (χ4v) is 4.40. The van der Waals surface area contributed by atoms with Gasteiger partial charge in [0.05, 0.1) is 16.9 Å². The number of nitrogens with zero attached hydrogens (tertiary/aromatic N) is 6. The lowest BCUT2D eigenvalue weighted by molar-refractivity contribution is 0.123. The van der Waals surface area contributed by atoms with Crippen LogP contribution in [0.2, 0.25) is 0 Å². The van der Waals surface area contributed by atoms with Crippen LogP contribution in [0.15, 0.2) is 33.8 Å². The van der Waals surface area contributed by atoms with Crippen molar-refractivity contribution in [1.29, 1.82) is 0 Å². The van der Waals surface area contributed by atoms with Crippen molar-refractivity contribution in [2.75, 3.05) is 11.4 Å². The summed E-state index contributed by atoms with van der Waals surface area (Å²) in [5, 5.41) is 19.1. The highest BCUT2D eigenvalue weighted by Crippen LogP contribution is 2.35. The van der Waals surface area contributed by atoms with Crippen molar-refractivity contribution in [3.8, 4) is 5.88 Å². The minimum Gasteiger partial charge on any atom is -0.473 e. The van der Waals surface area contributed by atoms with Crippen molar-refractivity contribution in [2.24, 2.45) is 7.05 Å².